The van der Waals surface area contributed by atoms with Crippen LogP contribution >= 0.6 is 23.2 Å². The van der Waals surface area contributed by atoms with Crippen LogP contribution in [-0.2, 0) is 4.79 Å². The summed E-state index contributed by atoms with van der Waals surface area (Å²) in [5.74, 6) is -1.79. The van der Waals surface area contributed by atoms with Gasteiger partial charge in [0.25, 0.3) is 5.91 Å². The van der Waals surface area contributed by atoms with E-state index in [9.17, 15) is 14.7 Å². The van der Waals surface area contributed by atoms with E-state index >= 15 is 0 Å². The molecule has 1 saturated carbocycles. The number of carboxylic acid groups (broad SMARTS) is 1. The molecule has 1 aliphatic rings. The molecule has 1 aliphatic carbocycles. The maximum atomic E-state index is 12.3. The maximum absolute atomic E-state index is 12.3. The number of carboxylic acids is 1. The molecule has 0 spiro atoms. The summed E-state index contributed by atoms with van der Waals surface area (Å²) in [7, 11) is 0. The monoisotopic (exact) mass is 367 g/mol. The van der Waals surface area contributed by atoms with Crippen LogP contribution in [0.15, 0.2) is 30.5 Å². The highest BCUT2D eigenvalue weighted by Gasteiger charge is 2.34. The zero-order valence-electron chi connectivity index (χ0n) is 12.6. The van der Waals surface area contributed by atoms with E-state index in [-0.39, 0.29) is 17.6 Å². The summed E-state index contributed by atoms with van der Waals surface area (Å²) in [6.07, 6.45) is 3.67. The van der Waals surface area contributed by atoms with E-state index in [4.69, 9.17) is 23.2 Å². The lowest BCUT2D eigenvalue weighted by Crippen LogP contribution is -2.40. The van der Waals surface area contributed by atoms with Gasteiger partial charge in [-0.1, -0.05) is 29.6 Å². The van der Waals surface area contributed by atoms with E-state index in [2.05, 4.69) is 10.4 Å². The van der Waals surface area contributed by atoms with Gasteiger partial charge < -0.3 is 10.4 Å². The number of hydrogen-bond acceptors (Lipinski definition) is 3. The molecule has 8 heteroatoms. The minimum atomic E-state index is -0.876. The Morgan fingerprint density at radius 1 is 1.21 bits per heavy atom. The second kappa shape index (κ2) is 6.83. The summed E-state index contributed by atoms with van der Waals surface area (Å²) in [6.45, 7) is 0. The highest BCUT2D eigenvalue weighted by Crippen LogP contribution is 2.26. The second-order valence-corrected chi connectivity index (χ2v) is 6.51. The SMILES string of the molecule is O=C(N[C@H]1CCC[C@H]1C(=O)O)c1ccn(-c2ccc(Cl)c(Cl)c2)n1. The van der Waals surface area contributed by atoms with Crippen molar-refractivity contribution in [2.45, 2.75) is 25.3 Å². The summed E-state index contributed by atoms with van der Waals surface area (Å²) < 4.78 is 1.51. The molecular formula is C16H15Cl2N3O3. The Balaban J connectivity index is 1.74. The number of rotatable bonds is 4. The Hall–Kier alpha value is -2.05. The summed E-state index contributed by atoms with van der Waals surface area (Å²) in [6, 6.07) is 6.25. The summed E-state index contributed by atoms with van der Waals surface area (Å²) in [5, 5.41) is 17.0. The van der Waals surface area contributed by atoms with Crippen molar-refractivity contribution in [2.75, 3.05) is 0 Å². The number of carbonyl (C=O) groups excluding carboxylic acids is 1. The van der Waals surface area contributed by atoms with Gasteiger partial charge in [-0.2, -0.15) is 5.10 Å². The van der Waals surface area contributed by atoms with Gasteiger partial charge in [-0.05, 0) is 37.1 Å². The van der Waals surface area contributed by atoms with Gasteiger partial charge in [0.05, 0.1) is 21.7 Å². The van der Waals surface area contributed by atoms with Gasteiger partial charge in [0, 0.05) is 12.2 Å². The molecule has 1 fully saturated rings. The first kappa shape index (κ1) is 16.8. The molecule has 0 unspecified atom stereocenters. The van der Waals surface area contributed by atoms with Crippen LogP contribution in [0, 0.1) is 5.92 Å². The van der Waals surface area contributed by atoms with Crippen molar-refractivity contribution >= 4 is 35.1 Å². The summed E-state index contributed by atoms with van der Waals surface area (Å²) in [4.78, 5) is 23.5. The largest absolute Gasteiger partial charge is 0.481 e. The van der Waals surface area contributed by atoms with Crippen LogP contribution in [0.25, 0.3) is 5.69 Å². The van der Waals surface area contributed by atoms with Crippen molar-refractivity contribution in [3.8, 4) is 5.69 Å². The molecule has 0 saturated heterocycles. The second-order valence-electron chi connectivity index (χ2n) is 5.70. The third kappa shape index (κ3) is 3.39. The molecule has 2 atom stereocenters. The van der Waals surface area contributed by atoms with E-state index in [0.29, 0.717) is 28.6 Å². The Labute approximate surface area is 148 Å². The lowest BCUT2D eigenvalue weighted by Gasteiger charge is -2.16. The minimum Gasteiger partial charge on any atom is -0.481 e. The van der Waals surface area contributed by atoms with Gasteiger partial charge in [0.1, 0.15) is 0 Å². The third-order valence-corrected chi connectivity index (χ3v) is 4.88. The van der Waals surface area contributed by atoms with Crippen molar-refractivity contribution in [2.24, 2.45) is 5.92 Å². The van der Waals surface area contributed by atoms with Gasteiger partial charge in [-0.25, -0.2) is 4.68 Å². The van der Waals surface area contributed by atoms with Crippen LogP contribution in [-0.4, -0.2) is 32.8 Å². The summed E-state index contributed by atoms with van der Waals surface area (Å²) in [5.41, 5.74) is 0.893. The number of carbonyl (C=O) groups is 2. The van der Waals surface area contributed by atoms with E-state index in [1.54, 1.807) is 30.5 Å². The normalized spacial score (nSPS) is 20.1. The number of benzene rings is 1. The van der Waals surface area contributed by atoms with Crippen LogP contribution < -0.4 is 5.32 Å². The molecule has 1 aromatic carbocycles. The minimum absolute atomic E-state index is 0.220. The van der Waals surface area contributed by atoms with Crippen molar-refractivity contribution in [1.82, 2.24) is 15.1 Å². The summed E-state index contributed by atoms with van der Waals surface area (Å²) >= 11 is 11.9. The smallest absolute Gasteiger partial charge is 0.308 e. The number of amides is 1. The number of nitrogens with zero attached hydrogens (tertiary/aromatic N) is 2. The van der Waals surface area contributed by atoms with Crippen molar-refractivity contribution in [1.29, 1.82) is 0 Å². The Kier molecular flexibility index (Phi) is 4.78. The lowest BCUT2D eigenvalue weighted by atomic mass is 10.0. The fourth-order valence-corrected chi connectivity index (χ4v) is 3.18. The topological polar surface area (TPSA) is 84.2 Å². The highest BCUT2D eigenvalue weighted by molar-refractivity contribution is 6.42. The van der Waals surface area contributed by atoms with E-state index in [1.165, 1.54) is 4.68 Å². The standard InChI is InChI=1S/C16H15Cl2N3O3/c17-11-5-4-9(8-12(11)18)21-7-6-14(20-21)15(22)19-13-3-1-2-10(13)16(23)24/h4-8,10,13H,1-3H2,(H,19,22)(H,23,24)/t10-,13+/m1/s1. The first-order valence-electron chi connectivity index (χ1n) is 7.50. The Morgan fingerprint density at radius 3 is 2.71 bits per heavy atom. The van der Waals surface area contributed by atoms with Crippen LogP contribution in [0.1, 0.15) is 29.8 Å². The Morgan fingerprint density at radius 2 is 2.00 bits per heavy atom. The van der Waals surface area contributed by atoms with Crippen LogP contribution in [0.2, 0.25) is 10.0 Å². The molecule has 2 N–H and O–H groups in total. The van der Waals surface area contributed by atoms with Gasteiger partial charge in [-0.3, -0.25) is 9.59 Å². The Bertz CT molecular complexity index is 791. The number of hydrogen-bond donors (Lipinski definition) is 2. The fraction of sp³-hybridized carbons (Fsp3) is 0.312. The maximum Gasteiger partial charge on any atom is 0.308 e. The van der Waals surface area contributed by atoms with Gasteiger partial charge in [-0.15, -0.1) is 0 Å². The molecule has 6 nitrogen and oxygen atoms in total. The molecule has 0 radical (unpaired) electrons. The predicted molar refractivity (Wildman–Crippen MR) is 89.8 cm³/mol. The van der Waals surface area contributed by atoms with Crippen molar-refractivity contribution < 1.29 is 14.7 Å². The average molecular weight is 368 g/mol. The zero-order valence-corrected chi connectivity index (χ0v) is 14.1. The predicted octanol–water partition coefficient (Wildman–Crippen LogP) is 3.16. The molecule has 0 bridgehead atoms. The van der Waals surface area contributed by atoms with Gasteiger partial charge >= 0.3 is 5.97 Å². The zero-order chi connectivity index (χ0) is 17.3. The molecule has 2 aromatic rings. The van der Waals surface area contributed by atoms with Crippen molar-refractivity contribution in [3.63, 3.8) is 0 Å². The van der Waals surface area contributed by atoms with Gasteiger partial charge in [0.15, 0.2) is 5.69 Å². The molecule has 24 heavy (non-hydrogen) atoms. The molecule has 1 heterocycles. The lowest BCUT2D eigenvalue weighted by molar-refractivity contribution is -0.142. The van der Waals surface area contributed by atoms with E-state index in [0.717, 1.165) is 6.42 Å². The molecule has 1 amide bonds. The fourth-order valence-electron chi connectivity index (χ4n) is 2.89. The van der Waals surface area contributed by atoms with Crippen molar-refractivity contribution in [3.05, 3.63) is 46.2 Å². The number of aromatic nitrogens is 2. The number of halogens is 2. The van der Waals surface area contributed by atoms with Crippen LogP contribution in [0.4, 0.5) is 0 Å². The molecule has 0 aliphatic heterocycles. The third-order valence-electron chi connectivity index (χ3n) is 4.14. The number of nitrogens with one attached hydrogen (secondary N) is 1. The molecular weight excluding hydrogens is 353 g/mol. The molecule has 126 valence electrons. The first-order chi connectivity index (χ1) is 11.5. The van der Waals surface area contributed by atoms with E-state index < -0.39 is 11.9 Å². The number of aliphatic carboxylic acids is 1. The molecule has 3 rings (SSSR count). The van der Waals surface area contributed by atoms with Crippen LogP contribution in [0.5, 0.6) is 0 Å². The quantitative estimate of drug-likeness (QED) is 0.868. The van der Waals surface area contributed by atoms with E-state index in [1.807, 2.05) is 0 Å². The first-order valence-corrected chi connectivity index (χ1v) is 8.26. The van der Waals surface area contributed by atoms with Crippen LogP contribution in [0.3, 0.4) is 0 Å². The van der Waals surface area contributed by atoms with Gasteiger partial charge in [0.2, 0.25) is 0 Å². The highest BCUT2D eigenvalue weighted by atomic mass is 35.5. The molecule has 1 aromatic heterocycles. The average Bonchev–Trinajstić information content (AvgIpc) is 3.19.